The lowest BCUT2D eigenvalue weighted by molar-refractivity contribution is -0.122. The van der Waals surface area contributed by atoms with Crippen molar-refractivity contribution in [3.05, 3.63) is 30.1 Å². The molecule has 0 aliphatic rings. The highest BCUT2D eigenvalue weighted by molar-refractivity contribution is 5.70. The highest BCUT2D eigenvalue weighted by Gasteiger charge is 2.20. The van der Waals surface area contributed by atoms with Gasteiger partial charge in [-0.3, -0.25) is 4.79 Å². The van der Waals surface area contributed by atoms with E-state index in [1.165, 1.54) is 0 Å². The Bertz CT molecular complexity index is 674. The van der Waals surface area contributed by atoms with E-state index in [0.29, 0.717) is 18.0 Å². The van der Waals surface area contributed by atoms with Crippen LogP contribution < -0.4 is 9.47 Å². The molecule has 0 atom stereocenters. The monoisotopic (exact) mass is 336 g/mol. The average Bonchev–Trinajstić information content (AvgIpc) is 2.92. The third-order valence-electron chi connectivity index (χ3n) is 3.14. The standard InChI is InChI=1S/C16H22N2O3.CH2O2/c1-11-8-12(14(21-5)13(9-11)20-4)15-17-6-7-18(15)10-16(2,3)19;2-1-3/h6-9,19H,10H2,1-5H3;1H,(H,2,3). The fourth-order valence-corrected chi connectivity index (χ4v) is 2.37. The Kier molecular flexibility index (Phi) is 6.79. The van der Waals surface area contributed by atoms with Crippen LogP contribution in [0, 0.1) is 6.92 Å². The maximum atomic E-state index is 10.0. The molecule has 0 fully saturated rings. The van der Waals surface area contributed by atoms with E-state index in [2.05, 4.69) is 4.98 Å². The number of rotatable bonds is 5. The predicted octanol–water partition coefficient (Wildman–Crippen LogP) is 2.35. The first kappa shape index (κ1) is 19.5. The Morgan fingerprint density at radius 2 is 1.92 bits per heavy atom. The molecule has 0 spiro atoms. The van der Waals surface area contributed by atoms with E-state index in [-0.39, 0.29) is 6.47 Å². The quantitative estimate of drug-likeness (QED) is 0.814. The summed E-state index contributed by atoms with van der Waals surface area (Å²) in [6.07, 6.45) is 3.57. The molecule has 1 aromatic heterocycles. The summed E-state index contributed by atoms with van der Waals surface area (Å²) in [4.78, 5) is 12.8. The van der Waals surface area contributed by atoms with E-state index in [1.54, 1.807) is 34.3 Å². The first-order valence-electron chi connectivity index (χ1n) is 7.31. The molecule has 132 valence electrons. The van der Waals surface area contributed by atoms with Crippen molar-refractivity contribution in [2.75, 3.05) is 14.2 Å². The average molecular weight is 336 g/mol. The molecular weight excluding hydrogens is 312 g/mol. The van der Waals surface area contributed by atoms with Crippen molar-refractivity contribution in [3.8, 4) is 22.9 Å². The number of carboxylic acid groups (broad SMARTS) is 1. The molecule has 0 saturated heterocycles. The predicted molar refractivity (Wildman–Crippen MR) is 90.5 cm³/mol. The zero-order valence-electron chi connectivity index (χ0n) is 14.6. The summed E-state index contributed by atoms with van der Waals surface area (Å²) in [5, 5.41) is 16.9. The number of methoxy groups -OCH3 is 2. The number of aromatic nitrogens is 2. The molecule has 0 aliphatic heterocycles. The van der Waals surface area contributed by atoms with Gasteiger partial charge < -0.3 is 24.3 Å². The lowest BCUT2D eigenvalue weighted by atomic mass is 10.1. The summed E-state index contributed by atoms with van der Waals surface area (Å²) in [5.74, 6) is 2.06. The zero-order valence-corrected chi connectivity index (χ0v) is 14.6. The van der Waals surface area contributed by atoms with Crippen LogP contribution in [0.4, 0.5) is 0 Å². The molecule has 1 heterocycles. The van der Waals surface area contributed by atoms with Crippen LogP contribution in [0.15, 0.2) is 24.5 Å². The van der Waals surface area contributed by atoms with Crippen molar-refractivity contribution >= 4 is 6.47 Å². The molecule has 2 aromatic rings. The number of hydrogen-bond donors (Lipinski definition) is 2. The highest BCUT2D eigenvalue weighted by Crippen LogP contribution is 2.38. The molecule has 7 nitrogen and oxygen atoms in total. The van der Waals surface area contributed by atoms with Crippen molar-refractivity contribution in [2.45, 2.75) is 32.9 Å². The van der Waals surface area contributed by atoms with Crippen LogP contribution in [0.5, 0.6) is 11.5 Å². The van der Waals surface area contributed by atoms with Gasteiger partial charge in [0.15, 0.2) is 11.5 Å². The van der Waals surface area contributed by atoms with Crippen molar-refractivity contribution in [1.82, 2.24) is 9.55 Å². The van der Waals surface area contributed by atoms with Gasteiger partial charge in [0.2, 0.25) is 0 Å². The largest absolute Gasteiger partial charge is 0.493 e. The molecule has 0 unspecified atom stereocenters. The van der Waals surface area contributed by atoms with Gasteiger partial charge in [-0.15, -0.1) is 0 Å². The topological polar surface area (TPSA) is 93.8 Å². The van der Waals surface area contributed by atoms with E-state index in [4.69, 9.17) is 19.4 Å². The second kappa shape index (κ2) is 8.35. The van der Waals surface area contributed by atoms with Gasteiger partial charge in [0.1, 0.15) is 5.82 Å². The third kappa shape index (κ3) is 4.99. The molecular formula is C17H24N2O5. The number of ether oxygens (including phenoxy) is 2. The van der Waals surface area contributed by atoms with Crippen LogP contribution in [0.25, 0.3) is 11.4 Å². The number of nitrogens with zero attached hydrogens (tertiary/aromatic N) is 2. The van der Waals surface area contributed by atoms with Gasteiger partial charge in [-0.05, 0) is 38.5 Å². The lowest BCUT2D eigenvalue weighted by Gasteiger charge is -2.20. The van der Waals surface area contributed by atoms with Gasteiger partial charge in [0, 0.05) is 12.4 Å². The lowest BCUT2D eigenvalue weighted by Crippen LogP contribution is -2.26. The molecule has 2 rings (SSSR count). The van der Waals surface area contributed by atoms with Crippen molar-refractivity contribution in [3.63, 3.8) is 0 Å². The van der Waals surface area contributed by atoms with E-state index < -0.39 is 5.60 Å². The summed E-state index contributed by atoms with van der Waals surface area (Å²) >= 11 is 0. The molecule has 7 heteroatoms. The molecule has 0 radical (unpaired) electrons. The normalized spacial score (nSPS) is 10.6. The van der Waals surface area contributed by atoms with Gasteiger partial charge in [-0.1, -0.05) is 0 Å². The van der Waals surface area contributed by atoms with E-state index in [1.807, 2.05) is 29.8 Å². The highest BCUT2D eigenvalue weighted by atomic mass is 16.5. The van der Waals surface area contributed by atoms with E-state index in [0.717, 1.165) is 17.0 Å². The van der Waals surface area contributed by atoms with Crippen molar-refractivity contribution in [2.24, 2.45) is 0 Å². The minimum absolute atomic E-state index is 0.250. The van der Waals surface area contributed by atoms with Gasteiger partial charge in [0.25, 0.3) is 6.47 Å². The van der Waals surface area contributed by atoms with Crippen LogP contribution >= 0.6 is 0 Å². The Balaban J connectivity index is 0.000000891. The Morgan fingerprint density at radius 1 is 1.29 bits per heavy atom. The molecule has 0 saturated carbocycles. The Hall–Kier alpha value is -2.54. The first-order valence-corrected chi connectivity index (χ1v) is 7.31. The Labute approximate surface area is 141 Å². The second-order valence-electron chi connectivity index (χ2n) is 5.84. The first-order chi connectivity index (χ1) is 11.3. The number of imidazole rings is 1. The van der Waals surface area contributed by atoms with Crippen LogP contribution in [0.1, 0.15) is 19.4 Å². The molecule has 0 bridgehead atoms. The molecule has 0 amide bonds. The SMILES string of the molecule is COc1cc(C)cc(-c2nccn2CC(C)(C)O)c1OC.O=CO. The minimum atomic E-state index is -0.823. The van der Waals surface area contributed by atoms with Gasteiger partial charge >= 0.3 is 0 Å². The summed E-state index contributed by atoms with van der Waals surface area (Å²) in [6.45, 7) is 5.73. The summed E-state index contributed by atoms with van der Waals surface area (Å²) < 4.78 is 12.8. The summed E-state index contributed by atoms with van der Waals surface area (Å²) in [6, 6.07) is 3.93. The number of hydrogen-bond acceptors (Lipinski definition) is 5. The zero-order chi connectivity index (χ0) is 18.3. The second-order valence-corrected chi connectivity index (χ2v) is 5.84. The maximum absolute atomic E-state index is 10.0. The van der Waals surface area contributed by atoms with Gasteiger partial charge in [0.05, 0.1) is 31.9 Å². The molecule has 0 aliphatic carbocycles. The summed E-state index contributed by atoms with van der Waals surface area (Å²) in [7, 11) is 3.23. The van der Waals surface area contributed by atoms with E-state index in [9.17, 15) is 5.11 Å². The van der Waals surface area contributed by atoms with Crippen LogP contribution in [-0.4, -0.2) is 46.1 Å². The number of aliphatic hydroxyl groups is 1. The molecule has 24 heavy (non-hydrogen) atoms. The molecule has 2 N–H and O–H groups in total. The third-order valence-corrected chi connectivity index (χ3v) is 3.14. The van der Waals surface area contributed by atoms with E-state index >= 15 is 0 Å². The number of benzene rings is 1. The van der Waals surface area contributed by atoms with Crippen LogP contribution in [0.3, 0.4) is 0 Å². The minimum Gasteiger partial charge on any atom is -0.493 e. The van der Waals surface area contributed by atoms with Crippen molar-refractivity contribution in [1.29, 1.82) is 0 Å². The smallest absolute Gasteiger partial charge is 0.290 e. The van der Waals surface area contributed by atoms with Gasteiger partial charge in [-0.2, -0.15) is 0 Å². The number of carbonyl (C=O) groups is 1. The maximum Gasteiger partial charge on any atom is 0.290 e. The fraction of sp³-hybridized carbons (Fsp3) is 0.412. The Morgan fingerprint density at radius 3 is 2.42 bits per heavy atom. The van der Waals surface area contributed by atoms with Crippen LogP contribution in [-0.2, 0) is 11.3 Å². The van der Waals surface area contributed by atoms with Gasteiger partial charge in [-0.25, -0.2) is 4.98 Å². The summed E-state index contributed by atoms with van der Waals surface area (Å²) in [5.41, 5.74) is 1.08. The van der Waals surface area contributed by atoms with Crippen LogP contribution in [0.2, 0.25) is 0 Å². The molecule has 1 aromatic carbocycles. The number of aryl methyl sites for hydroxylation is 1. The fourth-order valence-electron chi connectivity index (χ4n) is 2.37. The van der Waals surface area contributed by atoms with Crippen molar-refractivity contribution < 1.29 is 24.5 Å².